The fourth-order valence-corrected chi connectivity index (χ4v) is 4.37. The van der Waals surface area contributed by atoms with Gasteiger partial charge in [-0.25, -0.2) is 0 Å². The summed E-state index contributed by atoms with van der Waals surface area (Å²) in [7, 11) is 1.75. The fraction of sp³-hybridized carbons (Fsp3) is 0.0400. The van der Waals surface area contributed by atoms with Gasteiger partial charge < -0.3 is 4.74 Å². The smallest absolute Gasteiger partial charge is 0.112 e. The van der Waals surface area contributed by atoms with Crippen molar-refractivity contribution < 1.29 is 4.74 Å². The number of methoxy groups -OCH3 is 1. The summed E-state index contributed by atoms with van der Waals surface area (Å²) >= 11 is 0. The summed E-state index contributed by atoms with van der Waals surface area (Å²) in [5.41, 5.74) is 5.03. The van der Waals surface area contributed by atoms with Gasteiger partial charge in [-0.2, -0.15) is 21.9 Å². The van der Waals surface area contributed by atoms with E-state index in [2.05, 4.69) is 109 Å². The highest BCUT2D eigenvalue weighted by molar-refractivity contribution is 7.20. The van der Waals surface area contributed by atoms with Crippen molar-refractivity contribution in [2.45, 2.75) is 0 Å². The molecule has 4 rings (SSSR count). The average molecular weight is 349 g/mol. The van der Waals surface area contributed by atoms with E-state index in [1.165, 1.54) is 21.9 Å². The van der Waals surface area contributed by atoms with Gasteiger partial charge in [0.1, 0.15) is 6.15 Å². The molecule has 0 N–H and O–H groups in total. The van der Waals surface area contributed by atoms with Gasteiger partial charge in [0.15, 0.2) is 0 Å². The SMILES string of the molecule is COc1ccccc1[B-](c1ccccc1)(c1ccccc1)c1ccccc1. The zero-order valence-corrected chi connectivity index (χ0v) is 15.5. The molecule has 27 heavy (non-hydrogen) atoms. The Hall–Kier alpha value is -3.26. The van der Waals surface area contributed by atoms with E-state index in [4.69, 9.17) is 4.74 Å². The molecule has 0 bridgehead atoms. The van der Waals surface area contributed by atoms with Gasteiger partial charge in [0, 0.05) is 0 Å². The zero-order chi connectivity index (χ0) is 18.5. The highest BCUT2D eigenvalue weighted by atomic mass is 16.5. The van der Waals surface area contributed by atoms with Crippen molar-refractivity contribution in [2.24, 2.45) is 0 Å². The van der Waals surface area contributed by atoms with Crippen molar-refractivity contribution in [1.29, 1.82) is 0 Å². The number of hydrogen-bond acceptors (Lipinski definition) is 1. The van der Waals surface area contributed by atoms with Crippen LogP contribution in [0.4, 0.5) is 0 Å². The predicted molar refractivity (Wildman–Crippen MR) is 117 cm³/mol. The summed E-state index contributed by atoms with van der Waals surface area (Å²) in [4.78, 5) is 0. The van der Waals surface area contributed by atoms with Crippen LogP contribution < -0.4 is 26.6 Å². The number of hydrogen-bond donors (Lipinski definition) is 0. The molecule has 4 aromatic rings. The van der Waals surface area contributed by atoms with Crippen LogP contribution in [0, 0.1) is 0 Å². The van der Waals surface area contributed by atoms with Gasteiger partial charge in [-0.1, -0.05) is 109 Å². The monoisotopic (exact) mass is 349 g/mol. The highest BCUT2D eigenvalue weighted by Crippen LogP contribution is 2.16. The third-order valence-corrected chi connectivity index (χ3v) is 5.50. The molecular weight excluding hydrogens is 327 g/mol. The second-order valence-electron chi connectivity index (χ2n) is 6.84. The van der Waals surface area contributed by atoms with Crippen LogP contribution in [0.2, 0.25) is 0 Å². The summed E-state index contributed by atoms with van der Waals surface area (Å²) in [5, 5.41) is 0. The number of para-hydroxylation sites is 1. The van der Waals surface area contributed by atoms with E-state index >= 15 is 0 Å². The van der Waals surface area contributed by atoms with Gasteiger partial charge in [-0.05, 0) is 6.07 Å². The lowest BCUT2D eigenvalue weighted by Crippen LogP contribution is -2.74. The maximum absolute atomic E-state index is 5.83. The maximum atomic E-state index is 5.83. The van der Waals surface area contributed by atoms with Gasteiger partial charge in [-0.15, -0.1) is 0 Å². The van der Waals surface area contributed by atoms with Crippen molar-refractivity contribution in [2.75, 3.05) is 7.11 Å². The molecule has 0 aliphatic heterocycles. The Morgan fingerprint density at radius 2 is 0.852 bits per heavy atom. The molecule has 4 aromatic carbocycles. The minimum atomic E-state index is -1.37. The van der Waals surface area contributed by atoms with Crippen LogP contribution in [0.25, 0.3) is 0 Å². The third-order valence-electron chi connectivity index (χ3n) is 5.50. The number of rotatable bonds is 5. The molecule has 0 saturated carbocycles. The Morgan fingerprint density at radius 3 is 1.26 bits per heavy atom. The standard InChI is InChI=1S/C25H22BO/c1-27-25-20-12-11-19-24(25)26(21-13-5-2-6-14-21,22-15-7-3-8-16-22)23-17-9-4-10-18-23/h2-20H,1H3/q-1. The molecule has 0 fully saturated rings. The first-order chi connectivity index (χ1) is 13.4. The van der Waals surface area contributed by atoms with Crippen LogP contribution in [0.3, 0.4) is 0 Å². The summed E-state index contributed by atoms with van der Waals surface area (Å²) < 4.78 is 5.83. The predicted octanol–water partition coefficient (Wildman–Crippen LogP) is 3.07. The molecule has 0 unspecified atom stereocenters. The van der Waals surface area contributed by atoms with Crippen LogP contribution in [0.1, 0.15) is 0 Å². The molecule has 0 aliphatic rings. The molecule has 0 saturated heterocycles. The van der Waals surface area contributed by atoms with Gasteiger partial charge in [-0.3, -0.25) is 0 Å². The molecule has 0 atom stereocenters. The van der Waals surface area contributed by atoms with Crippen LogP contribution in [-0.4, -0.2) is 13.3 Å². The van der Waals surface area contributed by atoms with Crippen LogP contribution in [-0.2, 0) is 0 Å². The quantitative estimate of drug-likeness (QED) is 0.503. The molecule has 0 radical (unpaired) electrons. The molecule has 0 heterocycles. The van der Waals surface area contributed by atoms with Crippen molar-refractivity contribution in [3.63, 3.8) is 0 Å². The van der Waals surface area contributed by atoms with Gasteiger partial charge >= 0.3 is 0 Å². The van der Waals surface area contributed by atoms with Gasteiger partial charge in [0.25, 0.3) is 0 Å². The van der Waals surface area contributed by atoms with Crippen LogP contribution in [0.5, 0.6) is 5.75 Å². The molecule has 0 aromatic heterocycles. The Kier molecular flexibility index (Phi) is 4.80. The first-order valence-electron chi connectivity index (χ1n) is 9.33. The molecular formula is C25H22BO-. The minimum absolute atomic E-state index is 0.911. The average Bonchev–Trinajstić information content (AvgIpc) is 2.77. The zero-order valence-electron chi connectivity index (χ0n) is 15.5. The number of benzene rings is 4. The minimum Gasteiger partial charge on any atom is -0.500 e. The van der Waals surface area contributed by atoms with Crippen molar-refractivity contribution in [3.8, 4) is 5.75 Å². The lowest BCUT2D eigenvalue weighted by molar-refractivity contribution is 0.418. The Bertz CT molecular complexity index is 901. The first kappa shape index (κ1) is 17.2. The largest absolute Gasteiger partial charge is 0.500 e. The van der Waals surface area contributed by atoms with E-state index in [-0.39, 0.29) is 0 Å². The van der Waals surface area contributed by atoms with Crippen LogP contribution >= 0.6 is 0 Å². The van der Waals surface area contributed by atoms with Crippen molar-refractivity contribution in [1.82, 2.24) is 0 Å². The van der Waals surface area contributed by atoms with E-state index in [0.717, 1.165) is 5.75 Å². The fourth-order valence-electron chi connectivity index (χ4n) is 4.37. The Labute approximate surface area is 161 Å². The van der Waals surface area contributed by atoms with E-state index < -0.39 is 6.15 Å². The lowest BCUT2D eigenvalue weighted by atomic mass is 9.13. The molecule has 0 spiro atoms. The Morgan fingerprint density at radius 1 is 0.481 bits per heavy atom. The second-order valence-corrected chi connectivity index (χ2v) is 6.84. The third kappa shape index (κ3) is 2.94. The van der Waals surface area contributed by atoms with E-state index in [1.807, 2.05) is 6.07 Å². The van der Waals surface area contributed by atoms with Crippen molar-refractivity contribution in [3.05, 3.63) is 115 Å². The summed E-state index contributed by atoms with van der Waals surface area (Å²) in [6.07, 6.45) is -1.37. The topological polar surface area (TPSA) is 9.23 Å². The van der Waals surface area contributed by atoms with Crippen LogP contribution in [0.15, 0.2) is 115 Å². The summed E-state index contributed by atoms with van der Waals surface area (Å²) in [6.45, 7) is 0. The van der Waals surface area contributed by atoms with E-state index in [9.17, 15) is 0 Å². The normalized spacial score (nSPS) is 11.1. The number of ether oxygens (including phenoxy) is 1. The lowest BCUT2D eigenvalue weighted by Gasteiger charge is -2.44. The van der Waals surface area contributed by atoms with E-state index in [0.29, 0.717) is 0 Å². The van der Waals surface area contributed by atoms with Gasteiger partial charge in [0.05, 0.1) is 12.9 Å². The highest BCUT2D eigenvalue weighted by Gasteiger charge is 2.33. The summed E-state index contributed by atoms with van der Waals surface area (Å²) in [5.74, 6) is 0.911. The molecule has 1 nitrogen and oxygen atoms in total. The van der Waals surface area contributed by atoms with Gasteiger partial charge in [0.2, 0.25) is 0 Å². The molecule has 0 amide bonds. The van der Waals surface area contributed by atoms with E-state index in [1.54, 1.807) is 7.11 Å². The first-order valence-corrected chi connectivity index (χ1v) is 9.33. The van der Waals surface area contributed by atoms with Crippen molar-refractivity contribution >= 4 is 28.0 Å². The molecule has 0 aliphatic carbocycles. The molecule has 132 valence electrons. The second kappa shape index (κ2) is 7.55. The summed E-state index contributed by atoms with van der Waals surface area (Å²) in [6, 6.07) is 40.7. The molecule has 2 heteroatoms. The maximum Gasteiger partial charge on any atom is 0.112 e. The Balaban J connectivity index is 2.17.